The molecule has 1 fully saturated rings. The van der Waals surface area contributed by atoms with Crippen molar-refractivity contribution < 1.29 is 9.32 Å². The van der Waals surface area contributed by atoms with Gasteiger partial charge in [0, 0.05) is 32.3 Å². The minimum atomic E-state index is 0.111. The van der Waals surface area contributed by atoms with Gasteiger partial charge in [0.05, 0.1) is 0 Å². The van der Waals surface area contributed by atoms with E-state index >= 15 is 0 Å². The van der Waals surface area contributed by atoms with Gasteiger partial charge in [0.15, 0.2) is 5.82 Å². The quantitative estimate of drug-likeness (QED) is 0.848. The summed E-state index contributed by atoms with van der Waals surface area (Å²) in [5.41, 5.74) is 1.80. The lowest BCUT2D eigenvalue weighted by Gasteiger charge is -2.30. The van der Waals surface area contributed by atoms with Crippen molar-refractivity contribution >= 4 is 5.91 Å². The SMILES string of the molecule is Cc1noc(C2CCN(C(=O)c3c(C)ccn3C)CC2)n1. The standard InChI is InChI=1S/C15H20N4O2/c1-10-4-7-18(3)13(10)15(20)19-8-5-12(6-9-19)14-16-11(2)17-21-14/h4,7,12H,5-6,8-9H2,1-3H3. The Bertz CT molecular complexity index is 631. The van der Waals surface area contributed by atoms with Gasteiger partial charge in [0.25, 0.3) is 5.91 Å². The highest BCUT2D eigenvalue weighted by Gasteiger charge is 2.29. The van der Waals surface area contributed by atoms with Crippen LogP contribution in [0.3, 0.4) is 0 Å². The van der Waals surface area contributed by atoms with Crippen LogP contribution in [0.2, 0.25) is 0 Å². The third-order valence-corrected chi connectivity index (χ3v) is 4.15. The number of piperidine rings is 1. The van der Waals surface area contributed by atoms with Gasteiger partial charge in [-0.1, -0.05) is 5.16 Å². The average molecular weight is 288 g/mol. The number of nitrogens with zero attached hydrogens (tertiary/aromatic N) is 4. The Morgan fingerprint density at radius 3 is 2.57 bits per heavy atom. The summed E-state index contributed by atoms with van der Waals surface area (Å²) in [5, 5.41) is 3.84. The van der Waals surface area contributed by atoms with Crippen molar-refractivity contribution in [3.05, 3.63) is 35.2 Å². The maximum atomic E-state index is 12.6. The molecule has 1 saturated heterocycles. The summed E-state index contributed by atoms with van der Waals surface area (Å²) in [7, 11) is 1.91. The minimum Gasteiger partial charge on any atom is -0.346 e. The molecule has 0 spiro atoms. The molecule has 6 nitrogen and oxygen atoms in total. The maximum absolute atomic E-state index is 12.6. The van der Waals surface area contributed by atoms with Gasteiger partial charge in [-0.2, -0.15) is 4.98 Å². The number of aryl methyl sites for hydroxylation is 3. The van der Waals surface area contributed by atoms with Gasteiger partial charge in [-0.3, -0.25) is 4.79 Å². The molecule has 1 aliphatic heterocycles. The molecule has 0 N–H and O–H groups in total. The van der Waals surface area contributed by atoms with Crippen LogP contribution in [0.1, 0.15) is 46.5 Å². The molecule has 3 rings (SSSR count). The summed E-state index contributed by atoms with van der Waals surface area (Å²) in [5.74, 6) is 1.75. The van der Waals surface area contributed by atoms with E-state index in [1.165, 1.54) is 0 Å². The summed E-state index contributed by atoms with van der Waals surface area (Å²) >= 11 is 0. The summed E-state index contributed by atoms with van der Waals surface area (Å²) in [6.07, 6.45) is 3.67. The highest BCUT2D eigenvalue weighted by atomic mass is 16.5. The van der Waals surface area contributed by atoms with Crippen molar-refractivity contribution in [2.75, 3.05) is 13.1 Å². The molecule has 0 unspecified atom stereocenters. The first-order valence-corrected chi connectivity index (χ1v) is 7.27. The predicted octanol–water partition coefficient (Wildman–Crippen LogP) is 2.04. The first-order chi connectivity index (χ1) is 10.1. The number of hydrogen-bond acceptors (Lipinski definition) is 4. The Morgan fingerprint density at radius 1 is 1.33 bits per heavy atom. The number of aromatic nitrogens is 3. The van der Waals surface area contributed by atoms with Crippen molar-refractivity contribution in [2.45, 2.75) is 32.6 Å². The molecule has 21 heavy (non-hydrogen) atoms. The Labute approximate surface area is 123 Å². The molecule has 2 aromatic rings. The van der Waals surface area contributed by atoms with E-state index in [4.69, 9.17) is 4.52 Å². The van der Waals surface area contributed by atoms with E-state index in [0.29, 0.717) is 11.7 Å². The van der Waals surface area contributed by atoms with E-state index < -0.39 is 0 Å². The van der Waals surface area contributed by atoms with Crippen molar-refractivity contribution in [3.63, 3.8) is 0 Å². The normalized spacial score (nSPS) is 16.4. The highest BCUT2D eigenvalue weighted by Crippen LogP contribution is 2.27. The lowest BCUT2D eigenvalue weighted by atomic mass is 9.96. The summed E-state index contributed by atoms with van der Waals surface area (Å²) in [6.45, 7) is 5.26. The van der Waals surface area contributed by atoms with Crippen LogP contribution in [-0.2, 0) is 7.05 Å². The molecule has 0 radical (unpaired) electrons. The second-order valence-corrected chi connectivity index (χ2v) is 5.70. The Hall–Kier alpha value is -2.11. The van der Waals surface area contributed by atoms with Crippen LogP contribution in [-0.4, -0.2) is 38.6 Å². The molecule has 3 heterocycles. The molecular weight excluding hydrogens is 268 g/mol. The van der Waals surface area contributed by atoms with Crippen molar-refractivity contribution in [2.24, 2.45) is 7.05 Å². The molecule has 0 aliphatic carbocycles. The van der Waals surface area contributed by atoms with Gasteiger partial charge >= 0.3 is 0 Å². The smallest absolute Gasteiger partial charge is 0.270 e. The van der Waals surface area contributed by atoms with Crippen LogP contribution in [0.5, 0.6) is 0 Å². The van der Waals surface area contributed by atoms with Crippen LogP contribution in [0, 0.1) is 13.8 Å². The number of rotatable bonds is 2. The average Bonchev–Trinajstić information content (AvgIpc) is 3.05. The van der Waals surface area contributed by atoms with E-state index in [1.807, 2.05) is 42.6 Å². The number of likely N-dealkylation sites (tertiary alicyclic amines) is 1. The van der Waals surface area contributed by atoms with E-state index in [0.717, 1.165) is 37.2 Å². The maximum Gasteiger partial charge on any atom is 0.270 e. The lowest BCUT2D eigenvalue weighted by Crippen LogP contribution is -2.39. The van der Waals surface area contributed by atoms with Gasteiger partial charge < -0.3 is 14.0 Å². The first kappa shape index (κ1) is 13.9. The molecule has 1 aliphatic rings. The molecule has 1 amide bonds. The lowest BCUT2D eigenvalue weighted by molar-refractivity contribution is 0.0694. The second-order valence-electron chi connectivity index (χ2n) is 5.70. The fourth-order valence-electron chi connectivity index (χ4n) is 2.93. The topological polar surface area (TPSA) is 64.2 Å². The largest absolute Gasteiger partial charge is 0.346 e. The van der Waals surface area contributed by atoms with E-state index in [-0.39, 0.29) is 11.8 Å². The molecule has 6 heteroatoms. The van der Waals surface area contributed by atoms with Crippen LogP contribution >= 0.6 is 0 Å². The Balaban J connectivity index is 1.67. The van der Waals surface area contributed by atoms with Crippen LogP contribution in [0.25, 0.3) is 0 Å². The van der Waals surface area contributed by atoms with Gasteiger partial charge in [-0.25, -0.2) is 0 Å². The number of carbonyl (C=O) groups excluding carboxylic acids is 1. The van der Waals surface area contributed by atoms with Gasteiger partial charge in [-0.05, 0) is 38.3 Å². The molecule has 112 valence electrons. The molecule has 0 atom stereocenters. The van der Waals surface area contributed by atoms with E-state index in [1.54, 1.807) is 0 Å². The second kappa shape index (κ2) is 5.35. The fraction of sp³-hybridized carbons (Fsp3) is 0.533. The van der Waals surface area contributed by atoms with Crippen LogP contribution in [0.15, 0.2) is 16.8 Å². The number of carbonyl (C=O) groups is 1. The fourth-order valence-corrected chi connectivity index (χ4v) is 2.93. The summed E-state index contributed by atoms with van der Waals surface area (Å²) < 4.78 is 7.14. The van der Waals surface area contributed by atoms with Crippen molar-refractivity contribution in [3.8, 4) is 0 Å². The molecular formula is C15H20N4O2. The molecule has 0 bridgehead atoms. The monoisotopic (exact) mass is 288 g/mol. The zero-order valence-corrected chi connectivity index (χ0v) is 12.7. The van der Waals surface area contributed by atoms with Gasteiger partial charge in [-0.15, -0.1) is 0 Å². The molecule has 2 aromatic heterocycles. The predicted molar refractivity (Wildman–Crippen MR) is 77.1 cm³/mol. The van der Waals surface area contributed by atoms with Crippen molar-refractivity contribution in [1.82, 2.24) is 19.6 Å². The summed E-state index contributed by atoms with van der Waals surface area (Å²) in [6, 6.07) is 1.97. The van der Waals surface area contributed by atoms with Crippen molar-refractivity contribution in [1.29, 1.82) is 0 Å². The zero-order valence-electron chi connectivity index (χ0n) is 12.7. The number of hydrogen-bond donors (Lipinski definition) is 0. The minimum absolute atomic E-state index is 0.111. The molecule has 0 saturated carbocycles. The van der Waals surface area contributed by atoms with Crippen LogP contribution in [0.4, 0.5) is 0 Å². The first-order valence-electron chi connectivity index (χ1n) is 7.27. The third-order valence-electron chi connectivity index (χ3n) is 4.15. The van der Waals surface area contributed by atoms with E-state index in [2.05, 4.69) is 10.1 Å². The number of amides is 1. The summed E-state index contributed by atoms with van der Waals surface area (Å²) in [4.78, 5) is 18.8. The van der Waals surface area contributed by atoms with Crippen LogP contribution < -0.4 is 0 Å². The third kappa shape index (κ3) is 2.57. The molecule has 0 aromatic carbocycles. The van der Waals surface area contributed by atoms with Gasteiger partial charge in [0.2, 0.25) is 5.89 Å². The van der Waals surface area contributed by atoms with Gasteiger partial charge in [0.1, 0.15) is 5.69 Å². The Morgan fingerprint density at radius 2 is 2.05 bits per heavy atom. The van der Waals surface area contributed by atoms with E-state index in [9.17, 15) is 4.79 Å². The highest BCUT2D eigenvalue weighted by molar-refractivity contribution is 5.94. The Kier molecular flexibility index (Phi) is 3.53. The zero-order chi connectivity index (χ0) is 15.0.